The highest BCUT2D eigenvalue weighted by molar-refractivity contribution is 6.04. The molecule has 0 atom stereocenters. The van der Waals surface area contributed by atoms with Gasteiger partial charge in [-0.1, -0.05) is 12.1 Å². The summed E-state index contributed by atoms with van der Waals surface area (Å²) in [5.41, 5.74) is 1.46. The maximum absolute atomic E-state index is 11.8. The maximum atomic E-state index is 11.8. The van der Waals surface area contributed by atoms with Crippen LogP contribution in [0.4, 0.5) is 0 Å². The van der Waals surface area contributed by atoms with Crippen LogP contribution in [-0.4, -0.2) is 27.7 Å². The first kappa shape index (κ1) is 11.5. The lowest BCUT2D eigenvalue weighted by molar-refractivity contribution is 0.0522. The fourth-order valence-electron chi connectivity index (χ4n) is 1.85. The minimum atomic E-state index is -0.677. The van der Waals surface area contributed by atoms with Gasteiger partial charge in [-0.25, -0.2) is 14.8 Å². The van der Waals surface area contributed by atoms with E-state index in [2.05, 4.69) is 9.97 Å². The van der Waals surface area contributed by atoms with Gasteiger partial charge in [-0.15, -0.1) is 0 Å². The van der Waals surface area contributed by atoms with Gasteiger partial charge in [0.05, 0.1) is 17.6 Å². The molecule has 0 radical (unpaired) electrons. The van der Waals surface area contributed by atoms with Crippen molar-refractivity contribution in [3.05, 3.63) is 29.8 Å². The number of carbonyl (C=O) groups is 1. The van der Waals surface area contributed by atoms with Crippen molar-refractivity contribution in [3.63, 3.8) is 0 Å². The predicted molar refractivity (Wildman–Crippen MR) is 66.9 cm³/mol. The molecule has 0 amide bonds. The van der Waals surface area contributed by atoms with Crippen LogP contribution in [0.5, 0.6) is 5.95 Å². The van der Waals surface area contributed by atoms with Crippen LogP contribution in [0.2, 0.25) is 0 Å². The second-order valence-corrected chi connectivity index (χ2v) is 3.87. The Morgan fingerprint density at radius 2 is 2.00 bits per heavy atom. The average molecular weight is 258 g/mol. The van der Waals surface area contributed by atoms with Gasteiger partial charge in [0.1, 0.15) is 5.52 Å². The monoisotopic (exact) mass is 258 g/mol. The maximum Gasteiger partial charge on any atom is 0.347 e. The number of para-hydroxylation sites is 2. The van der Waals surface area contributed by atoms with Crippen LogP contribution >= 0.6 is 0 Å². The summed E-state index contributed by atoms with van der Waals surface area (Å²) in [5, 5.41) is 9.69. The quantitative estimate of drug-likeness (QED) is 0.709. The van der Waals surface area contributed by atoms with E-state index in [1.807, 2.05) is 12.1 Å². The zero-order chi connectivity index (χ0) is 13.4. The van der Waals surface area contributed by atoms with Gasteiger partial charge in [-0.2, -0.15) is 0 Å². The minimum absolute atomic E-state index is 0.0879. The highest BCUT2D eigenvalue weighted by Gasteiger charge is 2.24. The number of fused-ring (bicyclic) bond motifs is 2. The molecule has 3 rings (SSSR count). The summed E-state index contributed by atoms with van der Waals surface area (Å²) in [6.07, 6.45) is 0. The molecule has 0 aliphatic rings. The molecular formula is C13H10N2O4. The van der Waals surface area contributed by atoms with Gasteiger partial charge in [0, 0.05) is 0 Å². The largest absolute Gasteiger partial charge is 0.480 e. The summed E-state index contributed by atoms with van der Waals surface area (Å²) < 4.78 is 9.92. The Morgan fingerprint density at radius 3 is 2.68 bits per heavy atom. The van der Waals surface area contributed by atoms with E-state index in [1.54, 1.807) is 19.1 Å². The molecule has 2 heterocycles. The molecule has 0 bridgehead atoms. The van der Waals surface area contributed by atoms with Gasteiger partial charge in [-0.3, -0.25) is 0 Å². The van der Waals surface area contributed by atoms with Crippen molar-refractivity contribution in [2.24, 2.45) is 0 Å². The third-order valence-corrected chi connectivity index (χ3v) is 2.66. The van der Waals surface area contributed by atoms with E-state index >= 15 is 0 Å². The standard InChI is InChI=1S/C13H10N2O4/c1-2-18-12(16)9-10-11(19-13(9)17)15-8-6-4-3-5-7(8)14-10/h3-6,17H,2H2,1H3. The van der Waals surface area contributed by atoms with Crippen molar-refractivity contribution in [2.75, 3.05) is 6.61 Å². The van der Waals surface area contributed by atoms with Gasteiger partial charge in [0.15, 0.2) is 5.56 Å². The molecule has 2 aromatic heterocycles. The van der Waals surface area contributed by atoms with E-state index in [9.17, 15) is 9.90 Å². The average Bonchev–Trinajstić information content (AvgIpc) is 2.71. The zero-order valence-corrected chi connectivity index (χ0v) is 10.1. The molecule has 0 fully saturated rings. The van der Waals surface area contributed by atoms with Crippen LogP contribution in [0, 0.1) is 0 Å². The number of nitrogens with zero attached hydrogens (tertiary/aromatic N) is 2. The number of hydrogen-bond acceptors (Lipinski definition) is 6. The predicted octanol–water partition coefficient (Wildman–Crippen LogP) is 2.26. The molecule has 6 heteroatoms. The third-order valence-electron chi connectivity index (χ3n) is 2.66. The highest BCUT2D eigenvalue weighted by Crippen LogP contribution is 2.30. The Labute approximate surface area is 107 Å². The molecule has 1 aromatic carbocycles. The Bertz CT molecular complexity index is 779. The summed E-state index contributed by atoms with van der Waals surface area (Å²) in [5.74, 6) is -1.20. The van der Waals surface area contributed by atoms with Crippen molar-refractivity contribution < 1.29 is 19.1 Å². The lowest BCUT2D eigenvalue weighted by atomic mass is 10.2. The first-order valence-corrected chi connectivity index (χ1v) is 5.76. The minimum Gasteiger partial charge on any atom is -0.480 e. The number of furan rings is 1. The third kappa shape index (κ3) is 1.77. The number of esters is 1. The van der Waals surface area contributed by atoms with Crippen molar-refractivity contribution in [1.29, 1.82) is 0 Å². The zero-order valence-electron chi connectivity index (χ0n) is 10.1. The van der Waals surface area contributed by atoms with Crippen molar-refractivity contribution in [1.82, 2.24) is 9.97 Å². The lowest BCUT2D eigenvalue weighted by Crippen LogP contribution is -2.04. The molecule has 0 spiro atoms. The van der Waals surface area contributed by atoms with E-state index < -0.39 is 11.9 Å². The van der Waals surface area contributed by atoms with Crippen molar-refractivity contribution in [3.8, 4) is 5.95 Å². The van der Waals surface area contributed by atoms with Crippen LogP contribution in [0.1, 0.15) is 17.3 Å². The molecule has 0 aliphatic heterocycles. The first-order valence-electron chi connectivity index (χ1n) is 5.76. The van der Waals surface area contributed by atoms with Crippen LogP contribution in [0.3, 0.4) is 0 Å². The molecule has 0 aliphatic carbocycles. The summed E-state index contributed by atoms with van der Waals surface area (Å²) in [6.45, 7) is 1.88. The van der Waals surface area contributed by atoms with Gasteiger partial charge in [-0.05, 0) is 19.1 Å². The summed E-state index contributed by atoms with van der Waals surface area (Å²) >= 11 is 0. The molecule has 19 heavy (non-hydrogen) atoms. The smallest absolute Gasteiger partial charge is 0.347 e. The van der Waals surface area contributed by atoms with Gasteiger partial charge < -0.3 is 14.3 Å². The molecule has 1 N–H and O–H groups in total. The molecule has 0 saturated heterocycles. The molecule has 96 valence electrons. The fourth-order valence-corrected chi connectivity index (χ4v) is 1.85. The van der Waals surface area contributed by atoms with Gasteiger partial charge in [0.2, 0.25) is 0 Å². The molecule has 0 unspecified atom stereocenters. The van der Waals surface area contributed by atoms with Crippen LogP contribution in [-0.2, 0) is 4.74 Å². The normalized spacial score (nSPS) is 11.0. The molecular weight excluding hydrogens is 248 g/mol. The van der Waals surface area contributed by atoms with E-state index in [4.69, 9.17) is 9.15 Å². The van der Waals surface area contributed by atoms with Crippen molar-refractivity contribution in [2.45, 2.75) is 6.92 Å². The Balaban J connectivity index is 2.30. The van der Waals surface area contributed by atoms with E-state index in [0.29, 0.717) is 11.0 Å². The number of hydrogen-bond donors (Lipinski definition) is 1. The van der Waals surface area contributed by atoms with E-state index in [-0.39, 0.29) is 23.4 Å². The summed E-state index contributed by atoms with van der Waals surface area (Å²) in [7, 11) is 0. The number of rotatable bonds is 2. The summed E-state index contributed by atoms with van der Waals surface area (Å²) in [4.78, 5) is 20.3. The number of benzene rings is 1. The lowest BCUT2D eigenvalue weighted by Gasteiger charge is -1.99. The fraction of sp³-hybridized carbons (Fsp3) is 0.154. The molecule has 3 aromatic rings. The van der Waals surface area contributed by atoms with Gasteiger partial charge in [0.25, 0.3) is 5.71 Å². The number of carbonyl (C=O) groups excluding carboxylic acids is 1. The van der Waals surface area contributed by atoms with Crippen molar-refractivity contribution >= 4 is 28.2 Å². The highest BCUT2D eigenvalue weighted by atomic mass is 16.5. The molecule has 6 nitrogen and oxygen atoms in total. The topological polar surface area (TPSA) is 85.5 Å². The van der Waals surface area contributed by atoms with Crippen LogP contribution in [0.15, 0.2) is 28.7 Å². The SMILES string of the molecule is CCOC(=O)c1c(O)oc2nc3ccccc3nc12. The van der Waals surface area contributed by atoms with E-state index in [1.165, 1.54) is 0 Å². The second-order valence-electron chi connectivity index (χ2n) is 3.87. The molecule has 0 saturated carbocycles. The Kier molecular flexibility index (Phi) is 2.56. The number of aromatic nitrogens is 2. The summed E-state index contributed by atoms with van der Waals surface area (Å²) in [6, 6.07) is 7.16. The Hall–Kier alpha value is -2.63. The Morgan fingerprint density at radius 1 is 1.32 bits per heavy atom. The van der Waals surface area contributed by atoms with Crippen LogP contribution < -0.4 is 0 Å². The number of aromatic hydroxyl groups is 1. The first-order chi connectivity index (χ1) is 9.20. The van der Waals surface area contributed by atoms with E-state index in [0.717, 1.165) is 0 Å². The van der Waals surface area contributed by atoms with Gasteiger partial charge >= 0.3 is 11.9 Å². The van der Waals surface area contributed by atoms with Crippen LogP contribution in [0.25, 0.3) is 22.3 Å². The number of ether oxygens (including phenoxy) is 1. The second kappa shape index (κ2) is 4.24.